The van der Waals surface area contributed by atoms with Crippen LogP contribution in [0, 0.1) is 5.92 Å². The van der Waals surface area contributed by atoms with E-state index in [9.17, 15) is 4.79 Å². The van der Waals surface area contributed by atoms with Gasteiger partial charge in [0.1, 0.15) is 0 Å². The van der Waals surface area contributed by atoms with Crippen LogP contribution in [0.2, 0.25) is 0 Å². The zero-order valence-corrected chi connectivity index (χ0v) is 11.3. The van der Waals surface area contributed by atoms with Crippen LogP contribution in [0.5, 0.6) is 0 Å². The predicted octanol–water partition coefficient (Wildman–Crippen LogP) is 1.06. The molecule has 2 unspecified atom stereocenters. The minimum absolute atomic E-state index is 0.0123. The average Bonchev–Trinajstić information content (AvgIpc) is 2.81. The minimum atomic E-state index is 0.0123. The molecule has 1 amide bonds. The average molecular weight is 269 g/mol. The maximum atomic E-state index is 12.0. The lowest BCUT2D eigenvalue weighted by molar-refractivity contribution is -0.502. The highest BCUT2D eigenvalue weighted by atomic mass is 32.2. The van der Waals surface area contributed by atoms with Crippen LogP contribution in [-0.2, 0) is 4.79 Å². The summed E-state index contributed by atoms with van der Waals surface area (Å²) < 4.78 is 0. The first-order valence-corrected chi connectivity index (χ1v) is 7.46. The Labute approximate surface area is 109 Å². The van der Waals surface area contributed by atoms with Crippen LogP contribution in [0.1, 0.15) is 17.1 Å². The molecule has 0 aliphatic carbocycles. The quantitative estimate of drug-likeness (QED) is 0.834. The summed E-state index contributed by atoms with van der Waals surface area (Å²) in [6, 6.07) is 4.14. The molecule has 0 spiro atoms. The second-order valence-electron chi connectivity index (χ2n) is 4.12. The van der Waals surface area contributed by atoms with E-state index in [1.807, 2.05) is 24.8 Å². The highest BCUT2D eigenvalue weighted by Gasteiger charge is 2.30. The standard InChI is InChI=1S/C11H15N3OS2/c1-8-6-17-10(9-3-2-4-16-9)5-14(7-13-12)11(8)15/h2-4,8,10,13H,5-7H2,1H3. The summed E-state index contributed by atoms with van der Waals surface area (Å²) in [6.45, 7) is 2.80. The van der Waals surface area contributed by atoms with Gasteiger partial charge in [-0.25, -0.2) is 0 Å². The van der Waals surface area contributed by atoms with Crippen molar-refractivity contribution in [1.82, 2.24) is 4.90 Å². The highest BCUT2D eigenvalue weighted by molar-refractivity contribution is 7.99. The Hall–Kier alpha value is -0.880. The van der Waals surface area contributed by atoms with Crippen molar-refractivity contribution in [1.29, 1.82) is 0 Å². The van der Waals surface area contributed by atoms with Gasteiger partial charge in [-0.1, -0.05) is 13.0 Å². The summed E-state index contributed by atoms with van der Waals surface area (Å²) in [5, 5.41) is 4.45. The van der Waals surface area contributed by atoms with Crippen LogP contribution in [-0.4, -0.2) is 29.8 Å². The van der Waals surface area contributed by atoms with Gasteiger partial charge in [0.25, 0.3) is 0 Å². The lowest BCUT2D eigenvalue weighted by Gasteiger charge is -2.20. The minimum Gasteiger partial charge on any atom is -0.507 e. The molecule has 0 aromatic carbocycles. The number of carbonyl (C=O) groups is 1. The maximum absolute atomic E-state index is 12.0. The molecule has 0 bridgehead atoms. The van der Waals surface area contributed by atoms with Crippen LogP contribution in [0.15, 0.2) is 17.5 Å². The molecular formula is C11H15N3OS2. The molecule has 6 heteroatoms. The fourth-order valence-corrected chi connectivity index (χ4v) is 4.12. The second-order valence-corrected chi connectivity index (χ2v) is 6.33. The van der Waals surface area contributed by atoms with Gasteiger partial charge in [0.05, 0.1) is 5.25 Å². The number of rotatable bonds is 3. The third kappa shape index (κ3) is 2.87. The number of thiophene rings is 1. The van der Waals surface area contributed by atoms with Crippen LogP contribution in [0.4, 0.5) is 0 Å². The number of carbonyl (C=O) groups excluding carboxylic acids is 1. The van der Waals surface area contributed by atoms with Crippen LogP contribution >= 0.6 is 23.1 Å². The summed E-state index contributed by atoms with van der Waals surface area (Å²) in [4.78, 5) is 15.0. The Bertz CT molecular complexity index is 393. The molecule has 2 heterocycles. The van der Waals surface area contributed by atoms with Crippen molar-refractivity contribution >= 4 is 29.0 Å². The first kappa shape index (κ1) is 12.6. The molecule has 2 atom stereocenters. The van der Waals surface area contributed by atoms with E-state index in [-0.39, 0.29) is 18.5 Å². The SMILES string of the molecule is CC1CSC(c2cccs2)CN(C[NH+]=[N-])C1=O. The number of hydrogen-bond acceptors (Lipinski definition) is 3. The third-order valence-corrected chi connectivity index (χ3v) is 5.42. The molecule has 17 heavy (non-hydrogen) atoms. The first-order chi connectivity index (χ1) is 8.22. The van der Waals surface area contributed by atoms with E-state index in [1.54, 1.807) is 16.2 Å². The lowest BCUT2D eigenvalue weighted by atomic mass is 10.2. The van der Waals surface area contributed by atoms with Gasteiger partial charge in [-0.3, -0.25) is 9.69 Å². The zero-order valence-electron chi connectivity index (χ0n) is 9.63. The van der Waals surface area contributed by atoms with E-state index in [4.69, 9.17) is 5.53 Å². The molecule has 1 aliphatic heterocycles. The van der Waals surface area contributed by atoms with E-state index in [1.165, 1.54) is 4.88 Å². The Balaban J connectivity index is 2.15. The van der Waals surface area contributed by atoms with Gasteiger partial charge in [0.15, 0.2) is 0 Å². The van der Waals surface area contributed by atoms with Crippen molar-refractivity contribution in [3.8, 4) is 0 Å². The van der Waals surface area contributed by atoms with E-state index in [2.05, 4.69) is 16.6 Å². The topological polar surface area (TPSA) is 56.6 Å². The number of nitrogens with zero attached hydrogens (tertiary/aromatic N) is 2. The van der Waals surface area contributed by atoms with Gasteiger partial charge in [0.2, 0.25) is 12.6 Å². The first-order valence-electron chi connectivity index (χ1n) is 5.53. The van der Waals surface area contributed by atoms with Gasteiger partial charge < -0.3 is 10.6 Å². The molecular weight excluding hydrogens is 254 g/mol. The van der Waals surface area contributed by atoms with Crippen molar-refractivity contribution in [2.75, 3.05) is 19.0 Å². The van der Waals surface area contributed by atoms with Crippen molar-refractivity contribution < 1.29 is 9.91 Å². The third-order valence-electron chi connectivity index (χ3n) is 2.79. The fourth-order valence-electron chi connectivity index (χ4n) is 1.86. The van der Waals surface area contributed by atoms with Crippen molar-refractivity contribution in [2.45, 2.75) is 12.2 Å². The highest BCUT2D eigenvalue weighted by Crippen LogP contribution is 2.36. The van der Waals surface area contributed by atoms with E-state index >= 15 is 0 Å². The molecule has 0 radical (unpaired) electrons. The number of amides is 1. The van der Waals surface area contributed by atoms with Crippen LogP contribution < -0.4 is 5.11 Å². The maximum Gasteiger partial charge on any atom is 0.231 e. The summed E-state index contributed by atoms with van der Waals surface area (Å²) in [5.74, 6) is 0.958. The van der Waals surface area contributed by atoms with Gasteiger partial charge in [-0.2, -0.15) is 11.8 Å². The smallest absolute Gasteiger partial charge is 0.231 e. The zero-order chi connectivity index (χ0) is 12.3. The van der Waals surface area contributed by atoms with Gasteiger partial charge in [-0.05, 0) is 11.4 Å². The Morgan fingerprint density at radius 3 is 3.12 bits per heavy atom. The summed E-state index contributed by atoms with van der Waals surface area (Å²) in [5.41, 5.74) is 8.78. The fraction of sp³-hybridized carbons (Fsp3) is 0.545. The number of nitrogens with one attached hydrogen (secondary N) is 1. The summed E-state index contributed by atoms with van der Waals surface area (Å²) >= 11 is 3.54. The predicted molar refractivity (Wildman–Crippen MR) is 69.6 cm³/mol. The largest absolute Gasteiger partial charge is 0.507 e. The molecule has 1 fully saturated rings. The van der Waals surface area contributed by atoms with Crippen molar-refractivity contribution in [2.24, 2.45) is 5.92 Å². The molecule has 1 aromatic rings. The van der Waals surface area contributed by atoms with E-state index in [0.717, 1.165) is 5.75 Å². The van der Waals surface area contributed by atoms with Gasteiger partial charge in [0, 0.05) is 23.1 Å². The molecule has 0 saturated carbocycles. The molecule has 1 aromatic heterocycles. The molecule has 2 rings (SSSR count). The Morgan fingerprint density at radius 1 is 1.65 bits per heavy atom. The second kappa shape index (κ2) is 5.64. The molecule has 1 aliphatic rings. The molecule has 4 nitrogen and oxygen atoms in total. The number of hydrogen-bond donors (Lipinski definition) is 1. The van der Waals surface area contributed by atoms with Crippen LogP contribution in [0.25, 0.3) is 5.53 Å². The number of thioether (sulfide) groups is 1. The van der Waals surface area contributed by atoms with Gasteiger partial charge in [-0.15, -0.1) is 11.3 Å². The summed E-state index contributed by atoms with van der Waals surface area (Å²) in [6.07, 6.45) is 0. The van der Waals surface area contributed by atoms with Crippen LogP contribution in [0.3, 0.4) is 0 Å². The summed E-state index contributed by atoms with van der Waals surface area (Å²) in [7, 11) is 0. The molecule has 1 N–H and O–H groups in total. The van der Waals surface area contributed by atoms with Crippen molar-refractivity contribution in [3.05, 3.63) is 27.9 Å². The van der Waals surface area contributed by atoms with Crippen molar-refractivity contribution in [3.63, 3.8) is 0 Å². The lowest BCUT2D eigenvalue weighted by Crippen LogP contribution is -2.70. The monoisotopic (exact) mass is 269 g/mol. The van der Waals surface area contributed by atoms with Gasteiger partial charge >= 0.3 is 0 Å². The molecule has 1 saturated heterocycles. The normalized spacial score (nSPS) is 25.7. The molecule has 92 valence electrons. The Kier molecular flexibility index (Phi) is 4.17. The van der Waals surface area contributed by atoms with E-state index < -0.39 is 0 Å². The Morgan fingerprint density at radius 2 is 2.47 bits per heavy atom. The van der Waals surface area contributed by atoms with E-state index in [0.29, 0.717) is 11.8 Å².